The number of carbonyl (C=O) groups is 1. The molecule has 16 heavy (non-hydrogen) atoms. The number of carboxylic acids is 1. The molecule has 96 valence electrons. The second-order valence-corrected chi connectivity index (χ2v) is 4.37. The van der Waals surface area contributed by atoms with Gasteiger partial charge >= 0.3 is 12.1 Å². The monoisotopic (exact) mass is 242 g/mol. The molecule has 0 spiro atoms. The predicted octanol–water partition coefficient (Wildman–Crippen LogP) is 2.84. The van der Waals surface area contributed by atoms with E-state index in [1.807, 2.05) is 13.8 Å². The van der Waals surface area contributed by atoms with Crippen LogP contribution in [0.15, 0.2) is 0 Å². The van der Waals surface area contributed by atoms with Crippen LogP contribution in [0.4, 0.5) is 13.2 Å². The molecule has 0 bridgehead atoms. The zero-order valence-corrected chi connectivity index (χ0v) is 9.60. The van der Waals surface area contributed by atoms with Crippen molar-refractivity contribution in [3.63, 3.8) is 0 Å². The lowest BCUT2D eigenvalue weighted by atomic mass is 9.95. The Morgan fingerprint density at radius 1 is 1.38 bits per heavy atom. The molecule has 1 N–H and O–H groups in total. The van der Waals surface area contributed by atoms with Gasteiger partial charge in [-0.05, 0) is 25.7 Å². The Bertz CT molecular complexity index is 238. The van der Waals surface area contributed by atoms with Gasteiger partial charge in [-0.2, -0.15) is 13.2 Å². The second kappa shape index (κ2) is 5.52. The number of hydrogen-bond acceptors (Lipinski definition) is 2. The zero-order chi connectivity index (χ0) is 13.0. The first-order valence-corrected chi connectivity index (χ1v) is 5.01. The van der Waals surface area contributed by atoms with Crippen LogP contribution in [0.2, 0.25) is 0 Å². The lowest BCUT2D eigenvalue weighted by molar-refractivity contribution is -0.211. The molecule has 0 fully saturated rings. The maximum atomic E-state index is 11.9. The first kappa shape index (κ1) is 15.2. The molecule has 0 radical (unpaired) electrons. The summed E-state index contributed by atoms with van der Waals surface area (Å²) in [5, 5.41) is 8.85. The highest BCUT2D eigenvalue weighted by Crippen LogP contribution is 2.25. The first-order chi connectivity index (χ1) is 7.07. The lowest BCUT2D eigenvalue weighted by Gasteiger charge is -2.26. The molecule has 0 saturated carbocycles. The summed E-state index contributed by atoms with van der Waals surface area (Å²) in [7, 11) is 0. The molecule has 0 aromatic rings. The topological polar surface area (TPSA) is 46.5 Å². The minimum atomic E-state index is -4.51. The van der Waals surface area contributed by atoms with Gasteiger partial charge in [-0.15, -0.1) is 0 Å². The van der Waals surface area contributed by atoms with Crippen LogP contribution in [0.1, 0.15) is 33.6 Å². The fourth-order valence-corrected chi connectivity index (χ4v) is 1.05. The molecule has 6 heteroatoms. The van der Waals surface area contributed by atoms with Gasteiger partial charge in [0.2, 0.25) is 0 Å². The van der Waals surface area contributed by atoms with Crippen molar-refractivity contribution < 1.29 is 27.8 Å². The Labute approximate surface area is 92.6 Å². The van der Waals surface area contributed by atoms with E-state index in [2.05, 4.69) is 4.74 Å². The Morgan fingerprint density at radius 2 is 1.88 bits per heavy atom. The van der Waals surface area contributed by atoms with Crippen LogP contribution in [0.5, 0.6) is 0 Å². The van der Waals surface area contributed by atoms with Crippen LogP contribution in [0.3, 0.4) is 0 Å². The highest BCUT2D eigenvalue weighted by atomic mass is 19.4. The van der Waals surface area contributed by atoms with Gasteiger partial charge in [0.25, 0.3) is 0 Å². The molecule has 0 aliphatic rings. The van der Waals surface area contributed by atoms with E-state index >= 15 is 0 Å². The Morgan fingerprint density at radius 3 is 2.19 bits per heavy atom. The van der Waals surface area contributed by atoms with Crippen LogP contribution < -0.4 is 0 Å². The summed E-state index contributed by atoms with van der Waals surface area (Å²) in [6.07, 6.45) is -3.94. The summed E-state index contributed by atoms with van der Waals surface area (Å²) in [6, 6.07) is 0. The molecule has 0 saturated heterocycles. The number of ether oxygens (including phenoxy) is 1. The third-order valence-corrected chi connectivity index (χ3v) is 2.21. The predicted molar refractivity (Wildman–Crippen MR) is 52.1 cm³/mol. The molecule has 0 aromatic heterocycles. The van der Waals surface area contributed by atoms with Crippen molar-refractivity contribution in [2.75, 3.05) is 6.61 Å². The Kier molecular flexibility index (Phi) is 5.25. The number of hydrogen-bond donors (Lipinski definition) is 1. The molecule has 0 amide bonds. The van der Waals surface area contributed by atoms with E-state index in [1.165, 1.54) is 6.92 Å². The number of alkyl halides is 3. The molecular weight excluding hydrogens is 225 g/mol. The van der Waals surface area contributed by atoms with Crippen molar-refractivity contribution in [2.24, 2.45) is 5.92 Å². The van der Waals surface area contributed by atoms with E-state index in [0.29, 0.717) is 6.42 Å². The average molecular weight is 242 g/mol. The van der Waals surface area contributed by atoms with Gasteiger partial charge in [-0.3, -0.25) is 0 Å². The summed E-state index contributed by atoms with van der Waals surface area (Å²) in [4.78, 5) is 10.9. The fourth-order valence-electron chi connectivity index (χ4n) is 1.05. The number of halogens is 3. The first-order valence-electron chi connectivity index (χ1n) is 5.01. The average Bonchev–Trinajstić information content (AvgIpc) is 2.10. The summed E-state index contributed by atoms with van der Waals surface area (Å²) >= 11 is 0. The second-order valence-electron chi connectivity index (χ2n) is 4.37. The zero-order valence-electron chi connectivity index (χ0n) is 9.60. The Hall–Kier alpha value is -0.780. The van der Waals surface area contributed by atoms with E-state index in [1.54, 1.807) is 0 Å². The van der Waals surface area contributed by atoms with Gasteiger partial charge in [0.05, 0.1) is 0 Å². The van der Waals surface area contributed by atoms with Crippen LogP contribution >= 0.6 is 0 Å². The van der Waals surface area contributed by atoms with E-state index in [-0.39, 0.29) is 12.3 Å². The van der Waals surface area contributed by atoms with Crippen LogP contribution in [-0.2, 0) is 9.53 Å². The molecule has 0 aromatic carbocycles. The van der Waals surface area contributed by atoms with E-state index in [9.17, 15) is 18.0 Å². The van der Waals surface area contributed by atoms with E-state index in [0.717, 1.165) is 0 Å². The number of rotatable bonds is 6. The van der Waals surface area contributed by atoms with Crippen molar-refractivity contribution >= 4 is 5.97 Å². The molecule has 0 aliphatic carbocycles. The smallest absolute Gasteiger partial charge is 0.411 e. The fraction of sp³-hybridized carbons (Fsp3) is 0.900. The molecule has 1 unspecified atom stereocenters. The van der Waals surface area contributed by atoms with Crippen molar-refractivity contribution in [2.45, 2.75) is 45.4 Å². The van der Waals surface area contributed by atoms with Gasteiger partial charge in [-0.1, -0.05) is 13.8 Å². The van der Waals surface area contributed by atoms with Crippen molar-refractivity contribution in [3.8, 4) is 0 Å². The molecule has 1 atom stereocenters. The molecule has 0 heterocycles. The quantitative estimate of drug-likeness (QED) is 0.779. The van der Waals surface area contributed by atoms with Crippen LogP contribution in [0.25, 0.3) is 0 Å². The minimum Gasteiger partial charge on any atom is -0.479 e. The highest BCUT2D eigenvalue weighted by molar-refractivity contribution is 5.76. The van der Waals surface area contributed by atoms with Crippen molar-refractivity contribution in [3.05, 3.63) is 0 Å². The van der Waals surface area contributed by atoms with Crippen LogP contribution in [0, 0.1) is 5.92 Å². The van der Waals surface area contributed by atoms with Gasteiger partial charge in [-0.25, -0.2) is 4.79 Å². The van der Waals surface area contributed by atoms with Gasteiger partial charge in [0.1, 0.15) is 6.61 Å². The summed E-state index contributed by atoms with van der Waals surface area (Å²) < 4.78 is 40.3. The lowest BCUT2D eigenvalue weighted by Crippen LogP contribution is -2.41. The standard InChI is InChI=1S/C10H17F3O3/c1-7(2)4-5-9(3,8(14)15)16-6-10(11,12)13/h7H,4-6H2,1-3H3,(H,14,15). The largest absolute Gasteiger partial charge is 0.479 e. The van der Waals surface area contributed by atoms with Crippen LogP contribution in [-0.4, -0.2) is 29.5 Å². The van der Waals surface area contributed by atoms with Crippen molar-refractivity contribution in [1.29, 1.82) is 0 Å². The molecule has 3 nitrogen and oxygen atoms in total. The Balaban J connectivity index is 4.40. The molecule has 0 rings (SSSR count). The van der Waals surface area contributed by atoms with E-state index < -0.39 is 24.4 Å². The number of carboxylic acid groups (broad SMARTS) is 1. The summed E-state index contributed by atoms with van der Waals surface area (Å²) in [6.45, 7) is 3.37. The third-order valence-electron chi connectivity index (χ3n) is 2.21. The van der Waals surface area contributed by atoms with Gasteiger partial charge < -0.3 is 9.84 Å². The van der Waals surface area contributed by atoms with E-state index in [4.69, 9.17) is 5.11 Å². The maximum absolute atomic E-state index is 11.9. The maximum Gasteiger partial charge on any atom is 0.411 e. The molecule has 0 aliphatic heterocycles. The van der Waals surface area contributed by atoms with Gasteiger partial charge in [0.15, 0.2) is 5.60 Å². The highest BCUT2D eigenvalue weighted by Gasteiger charge is 2.39. The van der Waals surface area contributed by atoms with Crippen molar-refractivity contribution in [1.82, 2.24) is 0 Å². The SMILES string of the molecule is CC(C)CCC(C)(OCC(F)(F)F)C(=O)O. The minimum absolute atomic E-state index is 0.0656. The molecular formula is C10H17F3O3. The summed E-state index contributed by atoms with van der Waals surface area (Å²) in [5.41, 5.74) is -1.76. The number of aliphatic carboxylic acids is 1. The van der Waals surface area contributed by atoms with Gasteiger partial charge in [0, 0.05) is 0 Å². The normalized spacial score (nSPS) is 16.2. The summed E-state index contributed by atoms with van der Waals surface area (Å²) in [5.74, 6) is -1.15. The third kappa shape index (κ3) is 5.95.